The highest BCUT2D eigenvalue weighted by molar-refractivity contribution is 7.22. The van der Waals surface area contributed by atoms with Gasteiger partial charge >= 0.3 is 0 Å². The standard InChI is InChI=1S/C31H32N4O6S/c1-17-7-10-28-23(11-17)32-31(42-28)33-29(37)16-41-25-12-20(9-8-18(25)2)24-15-22(34-35(24)19(3)36)21-13-26(38-4)30(40-6)27(14-21)39-5/h7-14,24H,15-16H2,1-6H3,(H,32,33,37). The van der Waals surface area contributed by atoms with Gasteiger partial charge in [-0.1, -0.05) is 29.5 Å². The first kappa shape index (κ1) is 28.9. The molecule has 11 heteroatoms. The number of methoxy groups -OCH3 is 3. The number of nitrogens with zero attached hydrogens (tertiary/aromatic N) is 3. The quantitative estimate of drug-likeness (QED) is 0.269. The summed E-state index contributed by atoms with van der Waals surface area (Å²) in [6.45, 7) is 5.20. The minimum atomic E-state index is -0.362. The molecule has 218 valence electrons. The summed E-state index contributed by atoms with van der Waals surface area (Å²) in [6, 6.07) is 15.0. The summed E-state index contributed by atoms with van der Waals surface area (Å²) in [5.41, 5.74) is 5.10. The van der Waals surface area contributed by atoms with Crippen LogP contribution in [0.1, 0.15) is 41.6 Å². The van der Waals surface area contributed by atoms with Gasteiger partial charge in [-0.15, -0.1) is 0 Å². The lowest BCUT2D eigenvalue weighted by atomic mass is 9.97. The highest BCUT2D eigenvalue weighted by Gasteiger charge is 2.33. The van der Waals surface area contributed by atoms with Crippen LogP contribution >= 0.6 is 11.3 Å². The molecule has 1 aliphatic rings. The zero-order chi connectivity index (χ0) is 30.0. The molecular weight excluding hydrogens is 556 g/mol. The van der Waals surface area contributed by atoms with Crippen molar-refractivity contribution in [2.45, 2.75) is 33.2 Å². The number of hydrogen-bond donors (Lipinski definition) is 1. The van der Waals surface area contributed by atoms with Gasteiger partial charge in [0, 0.05) is 18.9 Å². The van der Waals surface area contributed by atoms with Gasteiger partial charge in [-0.25, -0.2) is 9.99 Å². The largest absolute Gasteiger partial charge is 0.493 e. The normalized spacial score (nSPS) is 14.5. The summed E-state index contributed by atoms with van der Waals surface area (Å²) < 4.78 is 23.4. The van der Waals surface area contributed by atoms with E-state index in [4.69, 9.17) is 18.9 Å². The molecule has 0 spiro atoms. The van der Waals surface area contributed by atoms with E-state index >= 15 is 0 Å². The SMILES string of the molecule is COc1cc(C2=NN(C(C)=O)C(c3ccc(C)c(OCC(=O)Nc4nc5cc(C)ccc5s4)c3)C2)cc(OC)c1OC. The molecule has 10 nitrogen and oxygen atoms in total. The summed E-state index contributed by atoms with van der Waals surface area (Å²) in [4.78, 5) is 29.8. The van der Waals surface area contributed by atoms with E-state index in [-0.39, 0.29) is 24.5 Å². The van der Waals surface area contributed by atoms with Gasteiger partial charge in [-0.3, -0.25) is 14.9 Å². The first-order valence-electron chi connectivity index (χ1n) is 13.3. The Hall–Kier alpha value is -4.64. The maximum atomic E-state index is 12.7. The number of hydrazone groups is 1. The Bertz CT molecular complexity index is 1670. The van der Waals surface area contributed by atoms with Crippen molar-refractivity contribution in [2.75, 3.05) is 33.3 Å². The number of ether oxygens (including phenoxy) is 4. The Kier molecular flexibility index (Phi) is 8.30. The van der Waals surface area contributed by atoms with E-state index in [0.29, 0.717) is 40.3 Å². The number of rotatable bonds is 9. The summed E-state index contributed by atoms with van der Waals surface area (Å²) >= 11 is 1.41. The summed E-state index contributed by atoms with van der Waals surface area (Å²) in [5.74, 6) is 1.51. The zero-order valence-electron chi connectivity index (χ0n) is 24.3. The van der Waals surface area contributed by atoms with Gasteiger partial charge in [0.2, 0.25) is 11.7 Å². The second kappa shape index (κ2) is 12.1. The fraction of sp³-hybridized carbons (Fsp3) is 0.290. The Labute approximate surface area is 247 Å². The molecule has 1 aromatic heterocycles. The summed E-state index contributed by atoms with van der Waals surface area (Å²) in [5, 5.41) is 9.47. The molecule has 0 bridgehead atoms. The topological polar surface area (TPSA) is 112 Å². The summed E-state index contributed by atoms with van der Waals surface area (Å²) in [6.07, 6.45) is 0.457. The van der Waals surface area contributed by atoms with Gasteiger partial charge in [0.1, 0.15) is 5.75 Å². The lowest BCUT2D eigenvalue weighted by molar-refractivity contribution is -0.130. The highest BCUT2D eigenvalue weighted by Crippen LogP contribution is 2.41. The number of amides is 2. The van der Waals surface area contributed by atoms with Crippen molar-refractivity contribution in [3.63, 3.8) is 0 Å². The number of carbonyl (C=O) groups is 2. The second-order valence-electron chi connectivity index (χ2n) is 9.90. The van der Waals surface area contributed by atoms with Crippen molar-refractivity contribution >= 4 is 44.2 Å². The number of aromatic nitrogens is 1. The Balaban J connectivity index is 1.33. The Morgan fingerprint density at radius 2 is 1.71 bits per heavy atom. The van der Waals surface area contributed by atoms with Crippen LogP contribution in [0.3, 0.4) is 0 Å². The average molecular weight is 589 g/mol. The van der Waals surface area contributed by atoms with Gasteiger partial charge in [-0.05, 0) is 60.9 Å². The van der Waals surface area contributed by atoms with E-state index in [1.165, 1.54) is 23.3 Å². The van der Waals surface area contributed by atoms with E-state index in [1.807, 2.05) is 62.4 Å². The maximum absolute atomic E-state index is 12.7. The van der Waals surface area contributed by atoms with Crippen molar-refractivity contribution < 1.29 is 28.5 Å². The third-order valence-electron chi connectivity index (χ3n) is 6.98. The van der Waals surface area contributed by atoms with E-state index in [2.05, 4.69) is 15.4 Å². The van der Waals surface area contributed by atoms with Crippen molar-refractivity contribution in [3.05, 3.63) is 70.8 Å². The van der Waals surface area contributed by atoms with Crippen molar-refractivity contribution in [2.24, 2.45) is 5.10 Å². The second-order valence-corrected chi connectivity index (χ2v) is 10.9. The lowest BCUT2D eigenvalue weighted by Gasteiger charge is -2.21. The van der Waals surface area contributed by atoms with Gasteiger partial charge < -0.3 is 18.9 Å². The van der Waals surface area contributed by atoms with Crippen LogP contribution in [0, 0.1) is 13.8 Å². The van der Waals surface area contributed by atoms with Crippen LogP contribution in [-0.2, 0) is 9.59 Å². The molecular formula is C31H32N4O6S. The van der Waals surface area contributed by atoms with Gasteiger partial charge in [0.05, 0.1) is 43.3 Å². The van der Waals surface area contributed by atoms with Crippen LogP contribution in [0.2, 0.25) is 0 Å². The molecule has 1 unspecified atom stereocenters. The third-order valence-corrected chi connectivity index (χ3v) is 7.93. The van der Waals surface area contributed by atoms with Crippen molar-refractivity contribution in [1.29, 1.82) is 0 Å². The van der Waals surface area contributed by atoms with Gasteiger partial charge in [-0.2, -0.15) is 5.10 Å². The first-order valence-corrected chi connectivity index (χ1v) is 14.1. The minimum Gasteiger partial charge on any atom is -0.493 e. The monoisotopic (exact) mass is 588 g/mol. The molecule has 3 aromatic carbocycles. The van der Waals surface area contributed by atoms with Crippen LogP contribution in [0.5, 0.6) is 23.0 Å². The number of nitrogens with one attached hydrogen (secondary N) is 1. The molecule has 1 N–H and O–H groups in total. The van der Waals surface area contributed by atoms with Gasteiger partial charge in [0.15, 0.2) is 23.2 Å². The van der Waals surface area contributed by atoms with Crippen LogP contribution in [0.15, 0.2) is 53.6 Å². The van der Waals surface area contributed by atoms with E-state index in [9.17, 15) is 9.59 Å². The summed E-state index contributed by atoms with van der Waals surface area (Å²) in [7, 11) is 4.65. The molecule has 1 atom stereocenters. The molecule has 0 saturated heterocycles. The maximum Gasteiger partial charge on any atom is 0.264 e. The van der Waals surface area contributed by atoms with Gasteiger partial charge in [0.25, 0.3) is 5.91 Å². The predicted molar refractivity (Wildman–Crippen MR) is 162 cm³/mol. The van der Waals surface area contributed by atoms with Crippen LogP contribution in [0.25, 0.3) is 10.2 Å². The van der Waals surface area contributed by atoms with Crippen molar-refractivity contribution in [1.82, 2.24) is 9.99 Å². The Morgan fingerprint density at radius 1 is 0.976 bits per heavy atom. The van der Waals surface area contributed by atoms with Crippen LogP contribution in [0.4, 0.5) is 5.13 Å². The molecule has 5 rings (SSSR count). The molecule has 1 aliphatic heterocycles. The minimum absolute atomic E-state index is 0.187. The fourth-order valence-corrected chi connectivity index (χ4v) is 5.71. The first-order chi connectivity index (χ1) is 20.2. The molecule has 2 amide bonds. The average Bonchev–Trinajstić information content (AvgIpc) is 3.60. The molecule has 0 radical (unpaired) electrons. The Morgan fingerprint density at radius 3 is 2.38 bits per heavy atom. The highest BCUT2D eigenvalue weighted by atomic mass is 32.1. The molecule has 0 saturated carbocycles. The number of hydrogen-bond acceptors (Lipinski definition) is 9. The molecule has 0 fully saturated rings. The van der Waals surface area contributed by atoms with E-state index in [0.717, 1.165) is 32.5 Å². The van der Waals surface area contributed by atoms with Crippen molar-refractivity contribution in [3.8, 4) is 23.0 Å². The number of carbonyl (C=O) groups excluding carboxylic acids is 2. The zero-order valence-corrected chi connectivity index (χ0v) is 25.1. The number of thiazole rings is 1. The fourth-order valence-electron chi connectivity index (χ4n) is 4.85. The molecule has 4 aromatic rings. The molecule has 2 heterocycles. The van der Waals surface area contributed by atoms with E-state index < -0.39 is 0 Å². The third kappa shape index (κ3) is 5.87. The molecule has 0 aliphatic carbocycles. The number of benzene rings is 3. The van der Waals surface area contributed by atoms with E-state index in [1.54, 1.807) is 21.3 Å². The predicted octanol–water partition coefficient (Wildman–Crippen LogP) is 5.65. The van der Waals surface area contributed by atoms with Crippen LogP contribution in [-0.4, -0.2) is 55.5 Å². The van der Waals surface area contributed by atoms with Crippen LogP contribution < -0.4 is 24.3 Å². The number of anilines is 1. The number of aryl methyl sites for hydroxylation is 2. The molecule has 42 heavy (non-hydrogen) atoms. The lowest BCUT2D eigenvalue weighted by Crippen LogP contribution is -2.24. The number of fused-ring (bicyclic) bond motifs is 1. The smallest absolute Gasteiger partial charge is 0.264 e.